The van der Waals surface area contributed by atoms with Crippen molar-refractivity contribution in [3.63, 3.8) is 0 Å². The summed E-state index contributed by atoms with van der Waals surface area (Å²) in [7, 11) is -8.81. The van der Waals surface area contributed by atoms with E-state index in [1.54, 1.807) is 0 Å². The number of unbranched alkanes of at least 4 members (excludes halogenated alkanes) is 10. The Kier molecular flexibility index (Phi) is 22.6. The standard InChI is InChI=1S/C26H45NO6S.C20H38O7S/c1-16(4-9-24(30)27-12-13-34(31,32)33)20-7-8-21-19-6-5-17-14-18(28)10-11-25(17,2)22(19)15-23(29)26(20,21)3;1-3-5-7-9-11-13-15-26-19(21)17-18(28(23,24)25)20(22)27-16-14-12-10-8-6-4-2/h16-23,28-29H,4-15H2,1-3H3,(H,27,30)(H,31,32,33);18H,3-17H2,1-2H3,(H,23,24,25)/t16-,17?,18-,19?,20-,21?,22?,23+,25+,26-;/m1./s1. The number of hydrogen-bond donors (Lipinski definition) is 5. The number of nitrogens with one attached hydrogen (secondary N) is 1. The van der Waals surface area contributed by atoms with E-state index in [0.29, 0.717) is 61.2 Å². The Balaban J connectivity index is 0.000000338. The molecule has 0 aromatic carbocycles. The number of carbonyl (C=O) groups is 3. The third-order valence-corrected chi connectivity index (χ3v) is 17.3. The van der Waals surface area contributed by atoms with Gasteiger partial charge in [0.25, 0.3) is 20.2 Å². The minimum absolute atomic E-state index is 0.0732. The molecular weight excluding hydrogens is 839 g/mol. The highest BCUT2D eigenvalue weighted by atomic mass is 32.2. The molecule has 0 aromatic rings. The maximum Gasteiger partial charge on any atom is 0.327 e. The lowest BCUT2D eigenvalue weighted by molar-refractivity contribution is -0.174. The van der Waals surface area contributed by atoms with Gasteiger partial charge < -0.3 is 25.0 Å². The molecule has 4 aliphatic rings. The first-order valence-electron chi connectivity index (χ1n) is 24.0. The van der Waals surface area contributed by atoms with Crippen LogP contribution in [0, 0.1) is 46.3 Å². The second-order valence-electron chi connectivity index (χ2n) is 19.7. The molecule has 0 aliphatic heterocycles. The molecule has 4 saturated carbocycles. The van der Waals surface area contributed by atoms with Crippen LogP contribution in [0.2, 0.25) is 0 Å². The minimum atomic E-state index is -4.73. The van der Waals surface area contributed by atoms with Crippen LogP contribution < -0.4 is 5.32 Å². The van der Waals surface area contributed by atoms with Crippen molar-refractivity contribution in [1.29, 1.82) is 0 Å². The third-order valence-electron chi connectivity index (χ3n) is 15.5. The topological polar surface area (TPSA) is 231 Å². The lowest BCUT2D eigenvalue weighted by atomic mass is 9.43. The van der Waals surface area contributed by atoms with E-state index in [9.17, 15) is 46.0 Å². The number of carbonyl (C=O) groups excluding carboxylic acids is 3. The summed E-state index contributed by atoms with van der Waals surface area (Å²) in [5.74, 6) is 0.352. The highest BCUT2D eigenvalue weighted by molar-refractivity contribution is 7.87. The molecule has 4 fully saturated rings. The molecule has 362 valence electrons. The van der Waals surface area contributed by atoms with Gasteiger partial charge in [-0.05, 0) is 117 Å². The van der Waals surface area contributed by atoms with Gasteiger partial charge in [0.05, 0.1) is 37.6 Å². The molecular formula is C46H83NO13S2. The summed E-state index contributed by atoms with van der Waals surface area (Å²) in [6.07, 6.45) is 20.3. The second-order valence-corrected chi connectivity index (χ2v) is 22.8. The zero-order chi connectivity index (χ0) is 46.1. The van der Waals surface area contributed by atoms with Crippen LogP contribution in [0.1, 0.15) is 182 Å². The fourth-order valence-corrected chi connectivity index (χ4v) is 12.9. The Bertz CT molecular complexity index is 1610. The number of rotatable bonds is 25. The van der Waals surface area contributed by atoms with Gasteiger partial charge in [-0.3, -0.25) is 23.5 Å². The lowest BCUT2D eigenvalue weighted by Crippen LogP contribution is -2.58. The van der Waals surface area contributed by atoms with E-state index in [4.69, 9.17) is 14.0 Å². The van der Waals surface area contributed by atoms with Crippen LogP contribution in [-0.2, 0) is 44.1 Å². The van der Waals surface area contributed by atoms with Gasteiger partial charge in [-0.2, -0.15) is 16.8 Å². The fraction of sp³-hybridized carbons (Fsp3) is 0.935. The SMILES string of the molecule is CCCCCCCCOC(=O)CC(C(=O)OCCCCCCCC)S(=O)(=O)O.C[C@H](CCC(=O)NCCS(=O)(=O)O)[C@H]1CCC2C3CCC4C[C@H](O)CC[C@]4(C)C3C[C@H](O)[C@@]21C. The molecule has 5 N–H and O–H groups in total. The lowest BCUT2D eigenvalue weighted by Gasteiger charge is -2.62. The van der Waals surface area contributed by atoms with Crippen LogP contribution in [0.5, 0.6) is 0 Å². The van der Waals surface area contributed by atoms with Crippen molar-refractivity contribution in [2.45, 2.75) is 200 Å². The highest BCUT2D eigenvalue weighted by Crippen LogP contribution is 2.68. The van der Waals surface area contributed by atoms with Crippen molar-refractivity contribution < 1.29 is 60.0 Å². The van der Waals surface area contributed by atoms with Gasteiger partial charge in [0, 0.05) is 13.0 Å². The van der Waals surface area contributed by atoms with E-state index < -0.39 is 49.6 Å². The largest absolute Gasteiger partial charge is 0.466 e. The highest BCUT2D eigenvalue weighted by Gasteiger charge is 2.63. The number of amides is 1. The van der Waals surface area contributed by atoms with Crippen molar-refractivity contribution in [1.82, 2.24) is 5.32 Å². The summed E-state index contributed by atoms with van der Waals surface area (Å²) >= 11 is 0. The van der Waals surface area contributed by atoms with Gasteiger partial charge in [-0.15, -0.1) is 0 Å². The van der Waals surface area contributed by atoms with Crippen LogP contribution in [-0.4, -0.2) is 97.0 Å². The van der Waals surface area contributed by atoms with Crippen LogP contribution in [0.4, 0.5) is 0 Å². The number of fused-ring (bicyclic) bond motifs is 5. The predicted molar refractivity (Wildman–Crippen MR) is 239 cm³/mol. The normalized spacial score (nSPS) is 30.4. The summed E-state index contributed by atoms with van der Waals surface area (Å²) in [4.78, 5) is 36.0. The molecule has 16 heteroatoms. The van der Waals surface area contributed by atoms with Gasteiger partial charge in [-0.25, -0.2) is 0 Å². The zero-order valence-corrected chi connectivity index (χ0v) is 40.2. The predicted octanol–water partition coefficient (Wildman–Crippen LogP) is 7.84. The second kappa shape index (κ2) is 25.7. The molecule has 0 aromatic heterocycles. The molecule has 0 heterocycles. The van der Waals surface area contributed by atoms with E-state index in [1.807, 2.05) is 0 Å². The Hall–Kier alpha value is -1.85. The third kappa shape index (κ3) is 16.2. The maximum atomic E-state index is 12.2. The molecule has 62 heavy (non-hydrogen) atoms. The van der Waals surface area contributed by atoms with Crippen LogP contribution in [0.3, 0.4) is 0 Å². The summed E-state index contributed by atoms with van der Waals surface area (Å²) in [5.41, 5.74) is 0.105. The van der Waals surface area contributed by atoms with Crippen molar-refractivity contribution in [3.8, 4) is 0 Å². The van der Waals surface area contributed by atoms with Gasteiger partial charge in [-0.1, -0.05) is 98.8 Å². The Morgan fingerprint density at radius 1 is 0.758 bits per heavy atom. The number of ether oxygens (including phenoxy) is 2. The summed E-state index contributed by atoms with van der Waals surface area (Å²) in [6.45, 7) is 11.4. The van der Waals surface area contributed by atoms with E-state index >= 15 is 0 Å². The van der Waals surface area contributed by atoms with Crippen LogP contribution >= 0.6 is 0 Å². The number of hydrogen-bond acceptors (Lipinski definition) is 11. The Labute approximate surface area is 373 Å². The van der Waals surface area contributed by atoms with Gasteiger partial charge in [0.15, 0.2) is 5.25 Å². The van der Waals surface area contributed by atoms with Crippen LogP contribution in [0.25, 0.3) is 0 Å². The van der Waals surface area contributed by atoms with Gasteiger partial charge in [0.2, 0.25) is 5.91 Å². The molecule has 11 atom stereocenters. The molecule has 0 radical (unpaired) electrons. The summed E-state index contributed by atoms with van der Waals surface area (Å²) < 4.78 is 72.5. The van der Waals surface area contributed by atoms with E-state index in [1.165, 1.54) is 19.3 Å². The molecule has 14 nitrogen and oxygen atoms in total. The quantitative estimate of drug-likeness (QED) is 0.0334. The molecule has 0 saturated heterocycles. The molecule has 4 aliphatic carbocycles. The maximum absolute atomic E-state index is 12.2. The van der Waals surface area contributed by atoms with Gasteiger partial charge in [0.1, 0.15) is 0 Å². The first-order valence-corrected chi connectivity index (χ1v) is 27.2. The van der Waals surface area contributed by atoms with Crippen molar-refractivity contribution in [2.24, 2.45) is 46.3 Å². The van der Waals surface area contributed by atoms with Gasteiger partial charge >= 0.3 is 11.9 Å². The average molecular weight is 922 g/mol. The number of esters is 2. The average Bonchev–Trinajstić information content (AvgIpc) is 3.57. The van der Waals surface area contributed by atoms with Crippen molar-refractivity contribution in [2.75, 3.05) is 25.5 Å². The summed E-state index contributed by atoms with van der Waals surface area (Å²) in [6, 6.07) is 0. The zero-order valence-electron chi connectivity index (χ0n) is 38.6. The van der Waals surface area contributed by atoms with Crippen LogP contribution in [0.15, 0.2) is 0 Å². The molecule has 5 unspecified atom stereocenters. The van der Waals surface area contributed by atoms with E-state index in [2.05, 4.69) is 39.9 Å². The van der Waals surface area contributed by atoms with E-state index in [0.717, 1.165) is 96.3 Å². The first kappa shape index (κ1) is 54.5. The van der Waals surface area contributed by atoms with E-state index in [-0.39, 0.29) is 48.7 Å². The molecule has 0 spiro atoms. The first-order chi connectivity index (χ1) is 29.2. The molecule has 1 amide bonds. The fourth-order valence-electron chi connectivity index (χ4n) is 11.9. The smallest absolute Gasteiger partial charge is 0.327 e. The Morgan fingerprint density at radius 3 is 1.95 bits per heavy atom. The number of aliphatic hydroxyl groups is 2. The molecule has 0 bridgehead atoms. The Morgan fingerprint density at radius 2 is 1.35 bits per heavy atom. The van der Waals surface area contributed by atoms with Crippen molar-refractivity contribution in [3.05, 3.63) is 0 Å². The molecule has 4 rings (SSSR count). The number of aliphatic hydroxyl groups excluding tert-OH is 2. The summed E-state index contributed by atoms with van der Waals surface area (Å²) in [5, 5.41) is 22.5. The van der Waals surface area contributed by atoms with Crippen molar-refractivity contribution >= 4 is 38.1 Å². The minimum Gasteiger partial charge on any atom is -0.466 e. The monoisotopic (exact) mass is 922 g/mol.